The fourth-order valence-corrected chi connectivity index (χ4v) is 2.36. The van der Waals surface area contributed by atoms with Gasteiger partial charge in [-0.05, 0) is 37.1 Å². The minimum Gasteiger partial charge on any atom is -0.315 e. The molecule has 1 aliphatic heterocycles. The van der Waals surface area contributed by atoms with Gasteiger partial charge in [0.05, 0.1) is 0 Å². The van der Waals surface area contributed by atoms with Crippen LogP contribution in [0.2, 0.25) is 0 Å². The first-order valence-corrected chi connectivity index (χ1v) is 6.40. The van der Waals surface area contributed by atoms with E-state index in [0.717, 1.165) is 37.2 Å². The van der Waals surface area contributed by atoms with E-state index in [1.54, 1.807) is 12.1 Å². The maximum Gasteiger partial charge on any atom is 0.128 e. The molecular formula is C14H21FN2. The van der Waals surface area contributed by atoms with E-state index in [0.29, 0.717) is 5.92 Å². The van der Waals surface area contributed by atoms with Crippen molar-refractivity contribution in [3.05, 3.63) is 35.1 Å². The van der Waals surface area contributed by atoms with Gasteiger partial charge in [0.2, 0.25) is 0 Å². The third-order valence-corrected chi connectivity index (χ3v) is 3.18. The second-order valence-electron chi connectivity index (χ2n) is 5.12. The first-order valence-electron chi connectivity index (χ1n) is 6.40. The van der Waals surface area contributed by atoms with E-state index < -0.39 is 0 Å². The van der Waals surface area contributed by atoms with Gasteiger partial charge < -0.3 is 10.6 Å². The number of benzene rings is 1. The van der Waals surface area contributed by atoms with Crippen molar-refractivity contribution < 1.29 is 4.39 Å². The van der Waals surface area contributed by atoms with Crippen molar-refractivity contribution in [1.82, 2.24) is 10.6 Å². The monoisotopic (exact) mass is 236 g/mol. The highest BCUT2D eigenvalue weighted by atomic mass is 19.1. The lowest BCUT2D eigenvalue weighted by atomic mass is 9.93. The zero-order valence-electron chi connectivity index (χ0n) is 10.6. The van der Waals surface area contributed by atoms with Crippen LogP contribution in [-0.4, -0.2) is 19.6 Å². The minimum absolute atomic E-state index is 0.0777. The van der Waals surface area contributed by atoms with Gasteiger partial charge in [0.15, 0.2) is 0 Å². The maximum absolute atomic E-state index is 13.8. The Kier molecular flexibility index (Phi) is 4.13. The topological polar surface area (TPSA) is 24.1 Å². The molecule has 0 saturated heterocycles. The number of halogens is 1. The molecule has 1 aromatic carbocycles. The summed E-state index contributed by atoms with van der Waals surface area (Å²) in [6.45, 7) is 7.06. The van der Waals surface area contributed by atoms with Crippen LogP contribution >= 0.6 is 0 Å². The van der Waals surface area contributed by atoms with Crippen LogP contribution in [0.1, 0.15) is 31.0 Å². The molecule has 0 aromatic heterocycles. The second kappa shape index (κ2) is 5.61. The van der Waals surface area contributed by atoms with Gasteiger partial charge in [-0.3, -0.25) is 0 Å². The molecule has 0 saturated carbocycles. The second-order valence-corrected chi connectivity index (χ2v) is 5.12. The summed E-state index contributed by atoms with van der Waals surface area (Å²) >= 11 is 0. The van der Waals surface area contributed by atoms with E-state index in [2.05, 4.69) is 24.5 Å². The number of hydrogen-bond donors (Lipinski definition) is 2. The van der Waals surface area contributed by atoms with Crippen molar-refractivity contribution in [2.45, 2.75) is 26.3 Å². The first kappa shape index (κ1) is 12.5. The molecule has 94 valence electrons. The fraction of sp³-hybridized carbons (Fsp3) is 0.571. The van der Waals surface area contributed by atoms with Gasteiger partial charge in [-0.2, -0.15) is 0 Å². The Balaban J connectivity index is 2.06. The molecule has 1 aromatic rings. The highest BCUT2D eigenvalue weighted by Crippen LogP contribution is 2.25. The Bertz CT molecular complexity index is 376. The zero-order valence-corrected chi connectivity index (χ0v) is 10.6. The Labute approximate surface area is 103 Å². The standard InChI is InChI=1S/C14H21FN2/c1-10(2)8-16-9-13-14-11(6-7-17-13)4-3-5-12(14)15/h3-5,10,13,16-17H,6-9H2,1-2H3. The van der Waals surface area contributed by atoms with Crippen molar-refractivity contribution in [2.75, 3.05) is 19.6 Å². The van der Waals surface area contributed by atoms with Crippen molar-refractivity contribution >= 4 is 0 Å². The average Bonchev–Trinajstić information content (AvgIpc) is 2.29. The minimum atomic E-state index is -0.0777. The Hall–Kier alpha value is -0.930. The van der Waals surface area contributed by atoms with Crippen LogP contribution < -0.4 is 10.6 Å². The lowest BCUT2D eigenvalue weighted by molar-refractivity contribution is 0.431. The molecule has 1 atom stereocenters. The average molecular weight is 236 g/mol. The van der Waals surface area contributed by atoms with Gasteiger partial charge >= 0.3 is 0 Å². The van der Waals surface area contributed by atoms with Crippen molar-refractivity contribution in [3.8, 4) is 0 Å². The molecule has 2 N–H and O–H groups in total. The maximum atomic E-state index is 13.8. The zero-order chi connectivity index (χ0) is 12.3. The van der Waals surface area contributed by atoms with E-state index in [1.807, 2.05) is 6.07 Å². The van der Waals surface area contributed by atoms with E-state index in [1.165, 1.54) is 0 Å². The van der Waals surface area contributed by atoms with E-state index >= 15 is 0 Å². The smallest absolute Gasteiger partial charge is 0.128 e. The summed E-state index contributed by atoms with van der Waals surface area (Å²) in [5, 5.41) is 6.78. The molecule has 2 rings (SSSR count). The van der Waals surface area contributed by atoms with Crippen molar-refractivity contribution in [3.63, 3.8) is 0 Å². The summed E-state index contributed by atoms with van der Waals surface area (Å²) in [5.41, 5.74) is 2.01. The summed E-state index contributed by atoms with van der Waals surface area (Å²) in [7, 11) is 0. The molecule has 0 bridgehead atoms. The number of fused-ring (bicyclic) bond motifs is 1. The first-order chi connectivity index (χ1) is 8.18. The SMILES string of the molecule is CC(C)CNCC1NCCc2cccc(F)c21. The van der Waals surface area contributed by atoms with Crippen LogP contribution in [-0.2, 0) is 6.42 Å². The Morgan fingerprint density at radius 2 is 2.29 bits per heavy atom. The number of nitrogens with one attached hydrogen (secondary N) is 2. The summed E-state index contributed by atoms with van der Waals surface area (Å²) in [4.78, 5) is 0. The largest absolute Gasteiger partial charge is 0.315 e. The van der Waals surface area contributed by atoms with Crippen molar-refractivity contribution in [2.24, 2.45) is 5.92 Å². The lowest BCUT2D eigenvalue weighted by Crippen LogP contribution is -2.38. The van der Waals surface area contributed by atoms with Crippen LogP contribution in [0.3, 0.4) is 0 Å². The molecule has 3 heteroatoms. The van der Waals surface area contributed by atoms with Crippen molar-refractivity contribution in [1.29, 1.82) is 0 Å². The molecule has 0 aliphatic carbocycles. The molecule has 1 aliphatic rings. The molecular weight excluding hydrogens is 215 g/mol. The molecule has 0 amide bonds. The lowest BCUT2D eigenvalue weighted by Gasteiger charge is -2.28. The predicted molar refractivity (Wildman–Crippen MR) is 68.6 cm³/mol. The van der Waals surface area contributed by atoms with Gasteiger partial charge in [-0.15, -0.1) is 0 Å². The number of rotatable bonds is 4. The third kappa shape index (κ3) is 3.05. The van der Waals surface area contributed by atoms with E-state index in [4.69, 9.17) is 0 Å². The number of hydrogen-bond acceptors (Lipinski definition) is 2. The van der Waals surface area contributed by atoms with E-state index in [9.17, 15) is 4.39 Å². The van der Waals surface area contributed by atoms with Gasteiger partial charge in [-0.1, -0.05) is 26.0 Å². The van der Waals surface area contributed by atoms with Gasteiger partial charge in [-0.25, -0.2) is 4.39 Å². The molecule has 0 spiro atoms. The molecule has 2 nitrogen and oxygen atoms in total. The van der Waals surface area contributed by atoms with E-state index in [-0.39, 0.29) is 11.9 Å². The molecule has 0 radical (unpaired) electrons. The van der Waals surface area contributed by atoms with Crippen LogP contribution in [0, 0.1) is 11.7 Å². The third-order valence-electron chi connectivity index (χ3n) is 3.18. The summed E-state index contributed by atoms with van der Waals surface area (Å²) in [5.74, 6) is 0.546. The normalized spacial score (nSPS) is 19.4. The fourth-order valence-electron chi connectivity index (χ4n) is 2.36. The Morgan fingerprint density at radius 1 is 1.47 bits per heavy atom. The molecule has 17 heavy (non-hydrogen) atoms. The summed E-state index contributed by atoms with van der Waals surface area (Å²) < 4.78 is 13.8. The Morgan fingerprint density at radius 3 is 3.06 bits per heavy atom. The molecule has 1 unspecified atom stereocenters. The summed E-state index contributed by atoms with van der Waals surface area (Å²) in [6.07, 6.45) is 0.924. The quantitative estimate of drug-likeness (QED) is 0.838. The highest BCUT2D eigenvalue weighted by molar-refractivity contribution is 5.34. The van der Waals surface area contributed by atoms with Gasteiger partial charge in [0, 0.05) is 18.2 Å². The van der Waals surface area contributed by atoms with Crippen LogP contribution in [0.4, 0.5) is 4.39 Å². The predicted octanol–water partition coefficient (Wildman–Crippen LogP) is 2.26. The van der Waals surface area contributed by atoms with Crippen LogP contribution in [0.25, 0.3) is 0 Å². The molecule has 1 heterocycles. The highest BCUT2D eigenvalue weighted by Gasteiger charge is 2.22. The molecule has 0 fully saturated rings. The van der Waals surface area contributed by atoms with Crippen LogP contribution in [0.15, 0.2) is 18.2 Å². The van der Waals surface area contributed by atoms with Gasteiger partial charge in [0.25, 0.3) is 0 Å². The van der Waals surface area contributed by atoms with Gasteiger partial charge in [0.1, 0.15) is 5.82 Å². The summed E-state index contributed by atoms with van der Waals surface area (Å²) in [6, 6.07) is 5.51. The van der Waals surface area contributed by atoms with Crippen LogP contribution in [0.5, 0.6) is 0 Å².